The monoisotopic (exact) mass is 353 g/mol. The van der Waals surface area contributed by atoms with Crippen molar-refractivity contribution in [2.45, 2.75) is 39.2 Å². The molecule has 0 bridgehead atoms. The van der Waals surface area contributed by atoms with Crippen LogP contribution < -0.4 is 14.8 Å². The Hall–Kier alpha value is -0.740. The number of nitrogens with one attached hydrogen (secondary N) is 1. The van der Waals surface area contributed by atoms with E-state index in [0.29, 0.717) is 0 Å². The Morgan fingerprint density at radius 2 is 2.05 bits per heavy atom. The second-order valence-corrected chi connectivity index (χ2v) is 7.11. The Labute approximate surface area is 135 Å². The molecule has 0 aromatic heterocycles. The van der Waals surface area contributed by atoms with Gasteiger partial charge in [0.15, 0.2) is 11.5 Å². The lowest BCUT2D eigenvalue weighted by Gasteiger charge is -2.17. The van der Waals surface area contributed by atoms with Gasteiger partial charge < -0.3 is 14.8 Å². The van der Waals surface area contributed by atoms with E-state index in [1.54, 1.807) is 0 Å². The zero-order chi connectivity index (χ0) is 14.7. The van der Waals surface area contributed by atoms with Gasteiger partial charge in [-0.2, -0.15) is 0 Å². The molecule has 1 N–H and O–H groups in total. The predicted octanol–water partition coefficient (Wildman–Crippen LogP) is 4.14. The van der Waals surface area contributed by atoms with Crippen LogP contribution >= 0.6 is 15.9 Å². The van der Waals surface area contributed by atoms with E-state index in [-0.39, 0.29) is 0 Å². The first-order valence-electron chi connectivity index (χ1n) is 8.03. The molecule has 1 aliphatic heterocycles. The van der Waals surface area contributed by atoms with Crippen LogP contribution in [0.2, 0.25) is 0 Å². The quantitative estimate of drug-likeness (QED) is 0.882. The van der Waals surface area contributed by atoms with Gasteiger partial charge in [0.25, 0.3) is 0 Å². The third-order valence-electron chi connectivity index (χ3n) is 4.64. The van der Waals surface area contributed by atoms with Crippen molar-refractivity contribution in [3.63, 3.8) is 0 Å². The lowest BCUT2D eigenvalue weighted by atomic mass is 9.98. The maximum absolute atomic E-state index is 5.78. The Morgan fingerprint density at radius 3 is 2.86 bits per heavy atom. The van der Waals surface area contributed by atoms with Crippen molar-refractivity contribution in [2.75, 3.05) is 19.8 Å². The number of rotatable bonds is 4. The molecule has 0 saturated heterocycles. The maximum atomic E-state index is 5.78. The minimum Gasteiger partial charge on any atom is -0.490 e. The molecule has 4 heteroatoms. The number of fused-ring (bicyclic) bond motifs is 1. The minimum absolute atomic E-state index is 0.725. The third-order valence-corrected chi connectivity index (χ3v) is 5.23. The molecule has 0 amide bonds. The Balaban J connectivity index is 1.60. The third kappa shape index (κ3) is 3.72. The van der Waals surface area contributed by atoms with Gasteiger partial charge in [0, 0.05) is 13.0 Å². The number of hydrogen-bond donors (Lipinski definition) is 1. The van der Waals surface area contributed by atoms with Crippen molar-refractivity contribution in [2.24, 2.45) is 11.8 Å². The van der Waals surface area contributed by atoms with Gasteiger partial charge in [-0.3, -0.25) is 0 Å². The summed E-state index contributed by atoms with van der Waals surface area (Å²) in [4.78, 5) is 0. The Kier molecular flexibility index (Phi) is 5.07. The second kappa shape index (κ2) is 7.01. The largest absolute Gasteiger partial charge is 0.490 e. The topological polar surface area (TPSA) is 30.5 Å². The molecular formula is C17H24BrNO2. The summed E-state index contributed by atoms with van der Waals surface area (Å²) < 4.78 is 12.5. The molecule has 1 aromatic rings. The second-order valence-electron chi connectivity index (χ2n) is 6.25. The van der Waals surface area contributed by atoms with Crippen molar-refractivity contribution >= 4 is 15.9 Å². The van der Waals surface area contributed by atoms with Crippen molar-refractivity contribution in [3.05, 3.63) is 22.2 Å². The zero-order valence-corrected chi connectivity index (χ0v) is 14.2. The van der Waals surface area contributed by atoms with Crippen molar-refractivity contribution in [1.29, 1.82) is 0 Å². The van der Waals surface area contributed by atoms with Crippen LogP contribution in [-0.2, 0) is 6.54 Å². The van der Waals surface area contributed by atoms with Gasteiger partial charge >= 0.3 is 0 Å². The summed E-state index contributed by atoms with van der Waals surface area (Å²) in [5, 5.41) is 3.61. The van der Waals surface area contributed by atoms with Gasteiger partial charge in [-0.1, -0.05) is 19.8 Å². The Morgan fingerprint density at radius 1 is 1.19 bits per heavy atom. The maximum Gasteiger partial charge on any atom is 0.175 e. The molecule has 0 radical (unpaired) electrons. The molecule has 3 rings (SSSR count). The highest BCUT2D eigenvalue weighted by Crippen LogP contribution is 2.38. The molecule has 2 atom stereocenters. The van der Waals surface area contributed by atoms with Gasteiger partial charge in [-0.15, -0.1) is 0 Å². The van der Waals surface area contributed by atoms with Gasteiger partial charge in [-0.25, -0.2) is 0 Å². The molecule has 3 nitrogen and oxygen atoms in total. The summed E-state index contributed by atoms with van der Waals surface area (Å²) in [6.45, 7) is 5.84. The van der Waals surface area contributed by atoms with E-state index in [4.69, 9.17) is 9.47 Å². The molecule has 21 heavy (non-hydrogen) atoms. The fourth-order valence-electron chi connectivity index (χ4n) is 3.31. The van der Waals surface area contributed by atoms with Crippen LogP contribution in [-0.4, -0.2) is 19.8 Å². The lowest BCUT2D eigenvalue weighted by molar-refractivity contribution is 0.296. The predicted molar refractivity (Wildman–Crippen MR) is 88.0 cm³/mol. The van der Waals surface area contributed by atoms with Crippen molar-refractivity contribution in [1.82, 2.24) is 5.32 Å². The van der Waals surface area contributed by atoms with Crippen molar-refractivity contribution in [3.8, 4) is 11.5 Å². The molecule has 2 unspecified atom stereocenters. The molecule has 1 heterocycles. The molecule has 0 spiro atoms. The van der Waals surface area contributed by atoms with Crippen LogP contribution in [0, 0.1) is 11.8 Å². The van der Waals surface area contributed by atoms with Crippen LogP contribution in [0.1, 0.15) is 38.2 Å². The molecule has 1 fully saturated rings. The number of halogens is 1. The number of hydrogen-bond acceptors (Lipinski definition) is 3. The summed E-state index contributed by atoms with van der Waals surface area (Å²) in [7, 11) is 0. The van der Waals surface area contributed by atoms with E-state index in [2.05, 4.69) is 40.3 Å². The fraction of sp³-hybridized carbons (Fsp3) is 0.647. The normalized spacial score (nSPS) is 24.9. The molecule has 1 saturated carbocycles. The number of benzene rings is 1. The summed E-state index contributed by atoms with van der Waals surface area (Å²) >= 11 is 3.60. The van der Waals surface area contributed by atoms with Crippen LogP contribution in [0.25, 0.3) is 0 Å². The first-order valence-corrected chi connectivity index (χ1v) is 8.82. The first kappa shape index (κ1) is 15.2. The van der Waals surface area contributed by atoms with Crippen molar-refractivity contribution < 1.29 is 9.47 Å². The van der Waals surface area contributed by atoms with Gasteiger partial charge in [0.2, 0.25) is 0 Å². The fourth-order valence-corrected chi connectivity index (χ4v) is 3.92. The highest BCUT2D eigenvalue weighted by Gasteiger charge is 2.22. The molecule has 2 aliphatic rings. The highest BCUT2D eigenvalue weighted by molar-refractivity contribution is 9.10. The highest BCUT2D eigenvalue weighted by atomic mass is 79.9. The molecule has 1 aromatic carbocycles. The molecular weight excluding hydrogens is 330 g/mol. The van der Waals surface area contributed by atoms with Gasteiger partial charge in [-0.05, 0) is 58.4 Å². The van der Waals surface area contributed by atoms with Gasteiger partial charge in [0.05, 0.1) is 17.7 Å². The lowest BCUT2D eigenvalue weighted by Crippen LogP contribution is -2.24. The zero-order valence-electron chi connectivity index (χ0n) is 12.7. The summed E-state index contributed by atoms with van der Waals surface area (Å²) in [5.74, 6) is 3.43. The van der Waals surface area contributed by atoms with E-state index < -0.39 is 0 Å². The van der Waals surface area contributed by atoms with E-state index >= 15 is 0 Å². The van der Waals surface area contributed by atoms with Crippen LogP contribution in [0.4, 0.5) is 0 Å². The summed E-state index contributed by atoms with van der Waals surface area (Å²) in [6.07, 6.45) is 5.10. The SMILES string of the molecule is CC1CCCC1CNCc1cc(Br)c2c(c1)OCCCO2. The van der Waals surface area contributed by atoms with Crippen LogP contribution in [0.5, 0.6) is 11.5 Å². The smallest absolute Gasteiger partial charge is 0.175 e. The van der Waals surface area contributed by atoms with Crippen LogP contribution in [0.15, 0.2) is 16.6 Å². The van der Waals surface area contributed by atoms with E-state index in [0.717, 1.165) is 60.5 Å². The Bertz CT molecular complexity index is 492. The van der Waals surface area contributed by atoms with E-state index in [1.165, 1.54) is 24.8 Å². The minimum atomic E-state index is 0.725. The van der Waals surface area contributed by atoms with Crippen LogP contribution in [0.3, 0.4) is 0 Å². The van der Waals surface area contributed by atoms with E-state index in [9.17, 15) is 0 Å². The standard InChI is InChI=1S/C17H24BrNO2/c1-12-4-2-5-14(12)11-19-10-13-8-15(18)17-16(9-13)20-6-3-7-21-17/h8-9,12,14,19H,2-7,10-11H2,1H3. The summed E-state index contributed by atoms with van der Waals surface area (Å²) in [5.41, 5.74) is 1.25. The average molecular weight is 354 g/mol. The summed E-state index contributed by atoms with van der Waals surface area (Å²) in [6, 6.07) is 4.25. The molecule has 116 valence electrons. The number of ether oxygens (including phenoxy) is 2. The molecule has 1 aliphatic carbocycles. The van der Waals surface area contributed by atoms with Gasteiger partial charge in [0.1, 0.15) is 0 Å². The van der Waals surface area contributed by atoms with E-state index in [1.807, 2.05) is 0 Å². The first-order chi connectivity index (χ1) is 10.2. The average Bonchev–Trinajstić information content (AvgIpc) is 2.73.